The molecule has 12 heavy (non-hydrogen) atoms. The normalized spacial score (nSPS) is 20.8. The summed E-state index contributed by atoms with van der Waals surface area (Å²) in [6.07, 6.45) is 1.17. The summed E-state index contributed by atoms with van der Waals surface area (Å²) in [6, 6.07) is 0. The first-order valence-electron chi connectivity index (χ1n) is 4.06. The van der Waals surface area contributed by atoms with E-state index in [-0.39, 0.29) is 18.6 Å². The Morgan fingerprint density at radius 3 is 2.50 bits per heavy atom. The maximum absolute atomic E-state index is 12.6. The van der Waals surface area contributed by atoms with Crippen LogP contribution in [0.2, 0.25) is 0 Å². The van der Waals surface area contributed by atoms with Crippen LogP contribution in [0.3, 0.4) is 0 Å². The van der Waals surface area contributed by atoms with Gasteiger partial charge >= 0.3 is 5.92 Å². The molecule has 1 rings (SSSR count). The lowest BCUT2D eigenvalue weighted by Crippen LogP contribution is -2.24. The van der Waals surface area contributed by atoms with Gasteiger partial charge in [-0.25, -0.2) is 0 Å². The lowest BCUT2D eigenvalue weighted by Gasteiger charge is -2.23. The molecule has 0 amide bonds. The van der Waals surface area contributed by atoms with Crippen LogP contribution in [0.1, 0.15) is 19.3 Å². The molecule has 1 saturated heterocycles. The molecule has 0 aliphatic carbocycles. The van der Waals surface area contributed by atoms with Crippen LogP contribution in [0.4, 0.5) is 8.78 Å². The fourth-order valence-corrected chi connectivity index (χ4v) is 2.59. The van der Waals surface area contributed by atoms with Gasteiger partial charge in [-0.1, -0.05) is 0 Å². The van der Waals surface area contributed by atoms with Gasteiger partial charge in [-0.2, -0.15) is 20.5 Å². The summed E-state index contributed by atoms with van der Waals surface area (Å²) in [5.41, 5.74) is 0. The van der Waals surface area contributed by atoms with Crippen molar-refractivity contribution in [2.75, 3.05) is 11.5 Å². The maximum atomic E-state index is 12.6. The lowest BCUT2D eigenvalue weighted by molar-refractivity contribution is -0.131. The second-order valence-corrected chi connectivity index (χ2v) is 4.36. The van der Waals surface area contributed by atoms with Crippen LogP contribution >= 0.6 is 11.8 Å². The van der Waals surface area contributed by atoms with Crippen LogP contribution in [-0.4, -0.2) is 23.7 Å². The van der Waals surface area contributed by atoms with Gasteiger partial charge in [-0.3, -0.25) is 4.79 Å². The summed E-state index contributed by atoms with van der Waals surface area (Å²) in [7, 11) is 0. The van der Waals surface area contributed by atoms with Gasteiger partial charge in [0, 0.05) is 6.42 Å². The van der Waals surface area contributed by atoms with Crippen molar-refractivity contribution in [1.82, 2.24) is 0 Å². The third-order valence-corrected chi connectivity index (χ3v) is 3.12. The van der Waals surface area contributed by atoms with Gasteiger partial charge in [0.1, 0.15) is 0 Å². The van der Waals surface area contributed by atoms with E-state index >= 15 is 0 Å². The first kappa shape index (κ1) is 9.96. The smallest absolute Gasteiger partial charge is 0.297 e. The van der Waals surface area contributed by atoms with Crippen LogP contribution < -0.4 is 0 Å². The summed E-state index contributed by atoms with van der Waals surface area (Å²) in [5, 5.41) is 0. The average Bonchev–Trinajstić information content (AvgIpc) is 2.06. The highest BCUT2D eigenvalue weighted by atomic mass is 32.2. The van der Waals surface area contributed by atoms with Crippen molar-refractivity contribution in [1.29, 1.82) is 0 Å². The molecule has 0 aromatic heterocycles. The standard InChI is InChI=1S/C8H12F2OS/c9-8(10,6-11)5-7-1-3-12-4-2-7/h6-7H,1-5H2. The Balaban J connectivity index is 2.33. The highest BCUT2D eigenvalue weighted by molar-refractivity contribution is 7.99. The summed E-state index contributed by atoms with van der Waals surface area (Å²) >= 11 is 1.80. The highest BCUT2D eigenvalue weighted by Crippen LogP contribution is 2.31. The van der Waals surface area contributed by atoms with Gasteiger partial charge in [0.15, 0.2) is 6.29 Å². The number of thioether (sulfide) groups is 1. The third kappa shape index (κ3) is 3.09. The van der Waals surface area contributed by atoms with Crippen molar-refractivity contribution in [2.24, 2.45) is 5.92 Å². The zero-order chi connectivity index (χ0) is 9.03. The summed E-state index contributed by atoms with van der Waals surface area (Å²) in [6.45, 7) is 0. The summed E-state index contributed by atoms with van der Waals surface area (Å²) in [5.74, 6) is -1.13. The van der Waals surface area contributed by atoms with Crippen LogP contribution in [0.5, 0.6) is 0 Å². The van der Waals surface area contributed by atoms with Crippen molar-refractivity contribution in [3.05, 3.63) is 0 Å². The molecule has 1 fully saturated rings. The Kier molecular flexibility index (Phi) is 3.50. The van der Waals surface area contributed by atoms with Crippen molar-refractivity contribution in [3.8, 4) is 0 Å². The molecule has 0 aromatic carbocycles. The van der Waals surface area contributed by atoms with E-state index in [9.17, 15) is 13.6 Å². The molecule has 70 valence electrons. The van der Waals surface area contributed by atoms with Gasteiger partial charge in [0.25, 0.3) is 0 Å². The lowest BCUT2D eigenvalue weighted by atomic mass is 9.95. The predicted molar refractivity (Wildman–Crippen MR) is 45.7 cm³/mol. The molecular weight excluding hydrogens is 182 g/mol. The summed E-state index contributed by atoms with van der Waals surface area (Å²) in [4.78, 5) is 9.95. The minimum atomic E-state index is -3.09. The number of carbonyl (C=O) groups excluding carboxylic acids is 1. The van der Waals surface area contributed by atoms with E-state index in [4.69, 9.17) is 0 Å². The van der Waals surface area contributed by atoms with Crippen LogP contribution in [-0.2, 0) is 4.79 Å². The first-order chi connectivity index (χ1) is 5.64. The molecule has 0 atom stereocenters. The Labute approximate surface area is 74.9 Å². The molecule has 1 nitrogen and oxygen atoms in total. The topological polar surface area (TPSA) is 17.1 Å². The number of aldehydes is 1. The van der Waals surface area contributed by atoms with Gasteiger partial charge < -0.3 is 0 Å². The monoisotopic (exact) mass is 194 g/mol. The maximum Gasteiger partial charge on any atom is 0.302 e. The average molecular weight is 194 g/mol. The molecular formula is C8H12F2OS. The van der Waals surface area contributed by atoms with Crippen LogP contribution in [0.15, 0.2) is 0 Å². The van der Waals surface area contributed by atoms with Crippen molar-refractivity contribution in [2.45, 2.75) is 25.2 Å². The quantitative estimate of drug-likeness (QED) is 0.641. The minimum Gasteiger partial charge on any atom is -0.297 e. The van der Waals surface area contributed by atoms with E-state index in [1.807, 2.05) is 0 Å². The van der Waals surface area contributed by atoms with E-state index in [2.05, 4.69) is 0 Å². The van der Waals surface area contributed by atoms with E-state index in [1.54, 1.807) is 11.8 Å². The molecule has 0 aromatic rings. The van der Waals surface area contributed by atoms with E-state index in [0.29, 0.717) is 0 Å². The zero-order valence-electron chi connectivity index (χ0n) is 6.76. The molecule has 1 aliphatic heterocycles. The molecule has 1 heterocycles. The fraction of sp³-hybridized carbons (Fsp3) is 0.875. The number of alkyl halides is 2. The molecule has 0 bridgehead atoms. The van der Waals surface area contributed by atoms with Crippen molar-refractivity contribution >= 4 is 18.0 Å². The predicted octanol–water partition coefficient (Wildman–Crippen LogP) is 2.35. The Bertz CT molecular complexity index is 155. The molecule has 0 N–H and O–H groups in total. The fourth-order valence-electron chi connectivity index (χ4n) is 1.38. The second kappa shape index (κ2) is 4.21. The van der Waals surface area contributed by atoms with E-state index in [1.165, 1.54) is 0 Å². The number of carbonyl (C=O) groups is 1. The molecule has 0 spiro atoms. The van der Waals surface area contributed by atoms with Crippen LogP contribution in [0, 0.1) is 5.92 Å². The largest absolute Gasteiger partial charge is 0.302 e. The minimum absolute atomic E-state index is 0.0476. The van der Waals surface area contributed by atoms with Gasteiger partial charge in [0.2, 0.25) is 0 Å². The number of hydrogen-bond acceptors (Lipinski definition) is 2. The highest BCUT2D eigenvalue weighted by Gasteiger charge is 2.32. The molecule has 0 saturated carbocycles. The Morgan fingerprint density at radius 1 is 1.42 bits per heavy atom. The van der Waals surface area contributed by atoms with Crippen LogP contribution in [0.25, 0.3) is 0 Å². The number of halogens is 2. The van der Waals surface area contributed by atoms with Crippen molar-refractivity contribution in [3.63, 3.8) is 0 Å². The first-order valence-corrected chi connectivity index (χ1v) is 5.21. The number of rotatable bonds is 3. The SMILES string of the molecule is O=CC(F)(F)CC1CCSCC1. The number of hydrogen-bond donors (Lipinski definition) is 0. The second-order valence-electron chi connectivity index (χ2n) is 3.14. The molecule has 0 unspecified atom stereocenters. The van der Waals surface area contributed by atoms with Gasteiger partial charge in [0.05, 0.1) is 0 Å². The molecule has 1 aliphatic rings. The van der Waals surface area contributed by atoms with Gasteiger partial charge in [-0.05, 0) is 30.3 Å². The Hall–Kier alpha value is -0.120. The van der Waals surface area contributed by atoms with Gasteiger partial charge in [-0.15, -0.1) is 0 Å². The zero-order valence-corrected chi connectivity index (χ0v) is 7.58. The van der Waals surface area contributed by atoms with E-state index < -0.39 is 5.92 Å². The molecule has 4 heteroatoms. The van der Waals surface area contributed by atoms with Crippen molar-refractivity contribution < 1.29 is 13.6 Å². The summed E-state index contributed by atoms with van der Waals surface area (Å²) < 4.78 is 25.1. The third-order valence-electron chi connectivity index (χ3n) is 2.07. The van der Waals surface area contributed by atoms with E-state index in [0.717, 1.165) is 24.3 Å². The Morgan fingerprint density at radius 2 is 2.00 bits per heavy atom. The molecule has 0 radical (unpaired) electrons.